The Hall–Kier alpha value is -1.42. The molecule has 1 aliphatic heterocycles. The van der Waals surface area contributed by atoms with Crippen molar-refractivity contribution in [1.29, 1.82) is 0 Å². The number of aryl methyl sites for hydroxylation is 1. The average molecular weight is 230 g/mol. The second-order valence-corrected chi connectivity index (χ2v) is 4.91. The van der Waals surface area contributed by atoms with Gasteiger partial charge in [0.1, 0.15) is 6.04 Å². The van der Waals surface area contributed by atoms with E-state index >= 15 is 0 Å². The molecule has 17 heavy (non-hydrogen) atoms. The molecular weight excluding hydrogens is 212 g/mol. The molecule has 1 aromatic heterocycles. The van der Waals surface area contributed by atoms with E-state index in [1.165, 1.54) is 32.1 Å². The van der Waals surface area contributed by atoms with Gasteiger partial charge in [0.15, 0.2) is 12.4 Å². The van der Waals surface area contributed by atoms with Gasteiger partial charge in [-0.2, -0.15) is 0 Å². The molecule has 1 unspecified atom stereocenters. The molecule has 1 fully saturated rings. The Balaban J connectivity index is 1.98. The van der Waals surface area contributed by atoms with Crippen molar-refractivity contribution in [2.45, 2.75) is 45.1 Å². The van der Waals surface area contributed by atoms with Crippen molar-refractivity contribution in [3.8, 4) is 0 Å². The third-order valence-electron chi connectivity index (χ3n) is 3.74. The van der Waals surface area contributed by atoms with Gasteiger partial charge in [-0.25, -0.2) is 0 Å². The molecule has 1 atom stereocenters. The Morgan fingerprint density at radius 2 is 2.18 bits per heavy atom. The van der Waals surface area contributed by atoms with Crippen molar-refractivity contribution in [2.24, 2.45) is 5.10 Å². The monoisotopic (exact) mass is 230 g/mol. The Kier molecular flexibility index (Phi) is 2.59. The lowest BCUT2D eigenvalue weighted by Gasteiger charge is -2.34. The van der Waals surface area contributed by atoms with Gasteiger partial charge in [-0.3, -0.25) is 0 Å². The van der Waals surface area contributed by atoms with Gasteiger partial charge in [-0.15, -0.1) is 5.10 Å². The van der Waals surface area contributed by atoms with Crippen LogP contribution in [0, 0.1) is 6.92 Å². The van der Waals surface area contributed by atoms with E-state index in [4.69, 9.17) is 0 Å². The zero-order valence-corrected chi connectivity index (χ0v) is 10.2. The second-order valence-electron chi connectivity index (χ2n) is 4.91. The molecule has 4 heteroatoms. The quantitative estimate of drug-likeness (QED) is 0.717. The zero-order chi connectivity index (χ0) is 11.7. The van der Waals surface area contributed by atoms with Crippen LogP contribution in [0.3, 0.4) is 0 Å². The molecule has 0 saturated heterocycles. The molecule has 4 nitrogen and oxygen atoms in total. The number of quaternary nitrogens is 1. The Bertz CT molecular complexity index is 440. The van der Waals surface area contributed by atoms with E-state index in [0.29, 0.717) is 10.7 Å². The SMILES string of the molecule is Cc1ccn([N+]2(C3CCCCC3)C=C[C]=N2)n1. The topological polar surface area (TPSA) is 30.2 Å². The van der Waals surface area contributed by atoms with Crippen LogP contribution in [0.4, 0.5) is 0 Å². The molecule has 1 radical (unpaired) electrons. The first-order valence-electron chi connectivity index (χ1n) is 6.38. The first-order chi connectivity index (χ1) is 8.31. The number of hydrogen-bond donors (Lipinski definition) is 0. The van der Waals surface area contributed by atoms with Crippen LogP contribution in [-0.2, 0) is 0 Å². The van der Waals surface area contributed by atoms with E-state index in [9.17, 15) is 0 Å². The van der Waals surface area contributed by atoms with E-state index < -0.39 is 0 Å². The smallest absolute Gasteiger partial charge is 0.127 e. The normalized spacial score (nSPS) is 29.0. The molecular formula is C13H18N4+. The molecule has 1 saturated carbocycles. The molecule has 0 bridgehead atoms. The minimum absolute atomic E-state index is 0.466. The number of rotatable bonds is 2. The lowest BCUT2D eigenvalue weighted by atomic mass is 9.95. The highest BCUT2D eigenvalue weighted by atomic mass is 15.9. The molecule has 1 aromatic rings. The molecule has 0 N–H and O–H groups in total. The molecule has 2 heterocycles. The van der Waals surface area contributed by atoms with Gasteiger partial charge in [0, 0.05) is 18.9 Å². The zero-order valence-electron chi connectivity index (χ0n) is 10.2. The summed E-state index contributed by atoms with van der Waals surface area (Å²) < 4.78 is 0.466. The molecule has 3 rings (SSSR count). The van der Waals surface area contributed by atoms with Gasteiger partial charge in [0.2, 0.25) is 0 Å². The van der Waals surface area contributed by atoms with Crippen molar-refractivity contribution >= 4 is 6.21 Å². The minimum Gasteiger partial charge on any atom is -0.127 e. The van der Waals surface area contributed by atoms with Crippen LogP contribution in [0.1, 0.15) is 37.8 Å². The van der Waals surface area contributed by atoms with Crippen molar-refractivity contribution in [1.82, 2.24) is 14.6 Å². The maximum absolute atomic E-state index is 4.55. The fourth-order valence-electron chi connectivity index (χ4n) is 2.83. The molecule has 0 spiro atoms. The van der Waals surface area contributed by atoms with E-state index in [1.54, 1.807) is 0 Å². The molecule has 89 valence electrons. The van der Waals surface area contributed by atoms with Gasteiger partial charge in [-0.05, 0) is 30.9 Å². The summed E-state index contributed by atoms with van der Waals surface area (Å²) in [5.41, 5.74) is 1.04. The Labute approximate surface area is 102 Å². The van der Waals surface area contributed by atoms with Crippen LogP contribution >= 0.6 is 0 Å². The summed E-state index contributed by atoms with van der Waals surface area (Å²) >= 11 is 0. The molecule has 1 aliphatic carbocycles. The highest BCUT2D eigenvalue weighted by molar-refractivity contribution is 5.73. The first kappa shape index (κ1) is 10.7. The summed E-state index contributed by atoms with van der Waals surface area (Å²) in [4.78, 5) is 1.96. The van der Waals surface area contributed by atoms with E-state index in [2.05, 4.69) is 22.6 Å². The van der Waals surface area contributed by atoms with Crippen molar-refractivity contribution in [3.05, 3.63) is 30.2 Å². The molecule has 0 amide bonds. The average Bonchev–Trinajstić information content (AvgIpc) is 2.99. The van der Waals surface area contributed by atoms with Crippen molar-refractivity contribution in [3.63, 3.8) is 0 Å². The van der Waals surface area contributed by atoms with E-state index in [-0.39, 0.29) is 0 Å². The number of aromatic nitrogens is 2. The third kappa shape index (κ3) is 1.72. The second kappa shape index (κ2) is 4.11. The van der Waals surface area contributed by atoms with Gasteiger partial charge >= 0.3 is 0 Å². The van der Waals surface area contributed by atoms with Crippen LogP contribution in [-0.4, -0.2) is 22.1 Å². The summed E-state index contributed by atoms with van der Waals surface area (Å²) in [6.07, 6.45) is 15.4. The van der Waals surface area contributed by atoms with Crippen LogP contribution in [0.15, 0.2) is 29.6 Å². The van der Waals surface area contributed by atoms with Crippen LogP contribution in [0.5, 0.6) is 0 Å². The van der Waals surface area contributed by atoms with Gasteiger partial charge in [0.25, 0.3) is 0 Å². The predicted octanol–water partition coefficient (Wildman–Crippen LogP) is 2.35. The molecule has 2 aliphatic rings. The summed E-state index contributed by atoms with van der Waals surface area (Å²) in [5.74, 6) is 0. The number of nitrogens with zero attached hydrogens (tertiary/aromatic N) is 4. The van der Waals surface area contributed by atoms with Gasteiger partial charge in [-0.1, -0.05) is 15.9 Å². The summed E-state index contributed by atoms with van der Waals surface area (Å²) in [6, 6.07) is 2.54. The highest BCUT2D eigenvalue weighted by Crippen LogP contribution is 2.29. The predicted molar refractivity (Wildman–Crippen MR) is 67.9 cm³/mol. The van der Waals surface area contributed by atoms with Crippen molar-refractivity contribution in [2.75, 3.05) is 0 Å². The summed E-state index contributed by atoms with van der Waals surface area (Å²) in [6.45, 7) is 2.01. The number of allylic oxidation sites excluding steroid dienone is 1. The lowest BCUT2D eigenvalue weighted by molar-refractivity contribution is 0.0893. The van der Waals surface area contributed by atoms with Crippen LogP contribution < -0.4 is 4.70 Å². The van der Waals surface area contributed by atoms with Gasteiger partial charge < -0.3 is 0 Å². The highest BCUT2D eigenvalue weighted by Gasteiger charge is 2.41. The third-order valence-corrected chi connectivity index (χ3v) is 3.74. The lowest BCUT2D eigenvalue weighted by Crippen LogP contribution is -2.56. The number of hydrogen-bond acceptors (Lipinski definition) is 2. The first-order valence-corrected chi connectivity index (χ1v) is 6.38. The Morgan fingerprint density at radius 1 is 1.35 bits per heavy atom. The van der Waals surface area contributed by atoms with E-state index in [1.807, 2.05) is 30.1 Å². The van der Waals surface area contributed by atoms with Crippen LogP contribution in [0.2, 0.25) is 0 Å². The van der Waals surface area contributed by atoms with E-state index in [0.717, 1.165) is 5.69 Å². The summed E-state index contributed by atoms with van der Waals surface area (Å²) in [7, 11) is 0. The standard InChI is InChI=1S/C13H18N4/c1-12-8-10-16(15-12)17(11-5-9-14-17)13-6-3-2-4-7-13/h5,8,10-11,13H,2-4,6-7H2,1H3/q+1. The fraction of sp³-hybridized carbons (Fsp3) is 0.538. The summed E-state index contributed by atoms with van der Waals surface area (Å²) in [5, 5.41) is 9.10. The fourth-order valence-corrected chi connectivity index (χ4v) is 2.83. The maximum Gasteiger partial charge on any atom is 0.159 e. The largest absolute Gasteiger partial charge is 0.159 e. The van der Waals surface area contributed by atoms with Crippen LogP contribution in [0.25, 0.3) is 0 Å². The maximum atomic E-state index is 4.55. The minimum atomic E-state index is 0.466. The van der Waals surface area contributed by atoms with Gasteiger partial charge in [0.05, 0.1) is 11.9 Å². The Morgan fingerprint density at radius 3 is 2.76 bits per heavy atom. The molecule has 0 aromatic carbocycles. The van der Waals surface area contributed by atoms with Crippen molar-refractivity contribution < 1.29 is 0 Å².